The average Bonchev–Trinajstić information content (AvgIpc) is 2.88. The summed E-state index contributed by atoms with van der Waals surface area (Å²) in [6.07, 6.45) is 3.89. The molecule has 0 spiro atoms. The lowest BCUT2D eigenvalue weighted by atomic mass is 9.78. The first-order valence-electron chi connectivity index (χ1n) is 12.2. The molecule has 6 heteroatoms. The van der Waals surface area contributed by atoms with E-state index in [0.717, 1.165) is 31.2 Å². The van der Waals surface area contributed by atoms with E-state index >= 15 is 0 Å². The Kier molecular flexibility index (Phi) is 8.11. The molecular formula is C29H30F4O2. The van der Waals surface area contributed by atoms with Gasteiger partial charge in [-0.1, -0.05) is 42.5 Å². The second-order valence-corrected chi connectivity index (χ2v) is 9.21. The fraction of sp³-hybridized carbons (Fsp3) is 0.379. The molecule has 0 bridgehead atoms. The lowest BCUT2D eigenvalue weighted by Crippen LogP contribution is -2.17. The van der Waals surface area contributed by atoms with Crippen molar-refractivity contribution in [3.63, 3.8) is 0 Å². The minimum Gasteiger partial charge on any atom is -0.491 e. The minimum absolute atomic E-state index is 0.0310. The van der Waals surface area contributed by atoms with Crippen LogP contribution in [0.2, 0.25) is 0 Å². The van der Waals surface area contributed by atoms with E-state index in [1.54, 1.807) is 43.3 Å². The number of hydrogen-bond donors (Lipinski definition) is 1. The third-order valence-corrected chi connectivity index (χ3v) is 7.03. The quantitative estimate of drug-likeness (QED) is 0.337. The second kappa shape index (κ2) is 11.3. The molecule has 4 rings (SSSR count). The highest BCUT2D eigenvalue weighted by atomic mass is 19.2. The topological polar surface area (TPSA) is 29.5 Å². The smallest absolute Gasteiger partial charge is 0.200 e. The largest absolute Gasteiger partial charge is 0.491 e. The van der Waals surface area contributed by atoms with Crippen LogP contribution in [0.15, 0.2) is 48.5 Å². The van der Waals surface area contributed by atoms with E-state index in [0.29, 0.717) is 24.0 Å². The third-order valence-electron chi connectivity index (χ3n) is 7.03. The van der Waals surface area contributed by atoms with Gasteiger partial charge >= 0.3 is 0 Å². The maximum Gasteiger partial charge on any atom is 0.200 e. The Balaban J connectivity index is 1.44. The van der Waals surface area contributed by atoms with Gasteiger partial charge in [0.15, 0.2) is 23.2 Å². The van der Waals surface area contributed by atoms with Crippen molar-refractivity contribution in [3.8, 4) is 16.9 Å². The van der Waals surface area contributed by atoms with Gasteiger partial charge in [-0.2, -0.15) is 4.39 Å². The summed E-state index contributed by atoms with van der Waals surface area (Å²) in [5.74, 6) is -3.43. The first-order valence-corrected chi connectivity index (χ1v) is 12.2. The van der Waals surface area contributed by atoms with Crippen LogP contribution in [0.3, 0.4) is 0 Å². The summed E-state index contributed by atoms with van der Waals surface area (Å²) in [7, 11) is 0. The molecule has 1 saturated carbocycles. The predicted octanol–water partition coefficient (Wildman–Crippen LogP) is 7.36. The highest BCUT2D eigenvalue weighted by Crippen LogP contribution is 2.38. The van der Waals surface area contributed by atoms with Crippen molar-refractivity contribution in [2.75, 3.05) is 13.2 Å². The molecule has 3 aromatic carbocycles. The lowest BCUT2D eigenvalue weighted by molar-refractivity contribution is 0.181. The van der Waals surface area contributed by atoms with Crippen molar-refractivity contribution in [1.29, 1.82) is 0 Å². The van der Waals surface area contributed by atoms with Gasteiger partial charge < -0.3 is 9.84 Å². The van der Waals surface area contributed by atoms with Gasteiger partial charge in [0.05, 0.1) is 6.61 Å². The Hall–Kier alpha value is -2.86. The monoisotopic (exact) mass is 486 g/mol. The van der Waals surface area contributed by atoms with Gasteiger partial charge in [-0.15, -0.1) is 0 Å². The molecule has 0 atom stereocenters. The molecule has 1 fully saturated rings. The van der Waals surface area contributed by atoms with Crippen LogP contribution >= 0.6 is 0 Å². The number of hydrogen-bond acceptors (Lipinski definition) is 2. The highest BCUT2D eigenvalue weighted by molar-refractivity contribution is 5.65. The van der Waals surface area contributed by atoms with E-state index < -0.39 is 23.3 Å². The summed E-state index contributed by atoms with van der Waals surface area (Å²) >= 11 is 0. The van der Waals surface area contributed by atoms with E-state index in [4.69, 9.17) is 4.74 Å². The minimum atomic E-state index is -0.984. The molecule has 0 unspecified atom stereocenters. The predicted molar refractivity (Wildman–Crippen MR) is 129 cm³/mol. The molecule has 0 heterocycles. The molecule has 1 aliphatic rings. The molecule has 0 aliphatic heterocycles. The van der Waals surface area contributed by atoms with Crippen LogP contribution in [0.4, 0.5) is 17.6 Å². The van der Waals surface area contributed by atoms with Crippen molar-refractivity contribution in [3.05, 3.63) is 88.5 Å². The van der Waals surface area contributed by atoms with Crippen LogP contribution in [0.1, 0.15) is 55.2 Å². The van der Waals surface area contributed by atoms with E-state index in [2.05, 4.69) is 0 Å². The van der Waals surface area contributed by atoms with E-state index in [-0.39, 0.29) is 41.9 Å². The molecular weight excluding hydrogens is 456 g/mol. The summed E-state index contributed by atoms with van der Waals surface area (Å²) in [6, 6.07) is 13.3. The van der Waals surface area contributed by atoms with Gasteiger partial charge in [-0.05, 0) is 85.6 Å². The Morgan fingerprint density at radius 1 is 0.771 bits per heavy atom. The molecule has 1 aliphatic carbocycles. The number of aliphatic hydroxyl groups is 1. The van der Waals surface area contributed by atoms with Crippen molar-refractivity contribution in [2.45, 2.75) is 51.4 Å². The van der Waals surface area contributed by atoms with Crippen LogP contribution in [0, 0.1) is 29.2 Å². The van der Waals surface area contributed by atoms with Crippen molar-refractivity contribution < 1.29 is 27.4 Å². The molecule has 3 aromatic rings. The van der Waals surface area contributed by atoms with Crippen LogP contribution in [-0.4, -0.2) is 18.3 Å². The van der Waals surface area contributed by atoms with Crippen molar-refractivity contribution in [1.82, 2.24) is 0 Å². The number of halogens is 4. The van der Waals surface area contributed by atoms with Gasteiger partial charge in [0, 0.05) is 12.2 Å². The molecule has 0 saturated heterocycles. The zero-order valence-corrected chi connectivity index (χ0v) is 19.8. The van der Waals surface area contributed by atoms with Gasteiger partial charge in [0.2, 0.25) is 5.82 Å². The number of aryl methyl sites for hydroxylation is 2. The number of rotatable bonds is 8. The summed E-state index contributed by atoms with van der Waals surface area (Å²) in [6.45, 7) is 2.10. The van der Waals surface area contributed by atoms with Crippen molar-refractivity contribution >= 4 is 0 Å². The molecule has 0 aromatic heterocycles. The molecule has 35 heavy (non-hydrogen) atoms. The first kappa shape index (κ1) is 25.2. The maximum atomic E-state index is 15.0. The molecule has 0 amide bonds. The van der Waals surface area contributed by atoms with Gasteiger partial charge in [-0.3, -0.25) is 0 Å². The third kappa shape index (κ3) is 5.53. The lowest BCUT2D eigenvalue weighted by Gasteiger charge is -2.28. The van der Waals surface area contributed by atoms with E-state index in [9.17, 15) is 22.7 Å². The zero-order chi connectivity index (χ0) is 24.9. The highest BCUT2D eigenvalue weighted by Gasteiger charge is 2.26. The van der Waals surface area contributed by atoms with Crippen LogP contribution in [0.25, 0.3) is 11.1 Å². The average molecular weight is 487 g/mol. The second-order valence-electron chi connectivity index (χ2n) is 9.21. The fourth-order valence-electron chi connectivity index (χ4n) is 4.92. The van der Waals surface area contributed by atoms with Crippen LogP contribution in [0.5, 0.6) is 5.75 Å². The standard InChI is InChI=1S/C29H30F4O2/c1-2-35-25-16-13-22(26(30)29(25)33)12-5-18-3-8-20(9-4-18)23-14-15-24(28(32)27(23)31)21-10-6-19(17-34)7-11-21/h3-4,8-9,13-16,19,21,34H,2,5-7,10-12,17H2,1H3. The zero-order valence-electron chi connectivity index (χ0n) is 19.8. The van der Waals surface area contributed by atoms with E-state index in [1.165, 1.54) is 12.1 Å². The fourth-order valence-corrected chi connectivity index (χ4v) is 4.92. The van der Waals surface area contributed by atoms with Crippen LogP contribution < -0.4 is 4.74 Å². The van der Waals surface area contributed by atoms with Gasteiger partial charge in [0.25, 0.3) is 0 Å². The Morgan fingerprint density at radius 3 is 2.14 bits per heavy atom. The van der Waals surface area contributed by atoms with E-state index in [1.807, 2.05) is 0 Å². The summed E-state index contributed by atoms with van der Waals surface area (Å²) < 4.78 is 63.4. The maximum absolute atomic E-state index is 15.0. The summed E-state index contributed by atoms with van der Waals surface area (Å²) in [4.78, 5) is 0. The molecule has 186 valence electrons. The molecule has 1 N–H and O–H groups in total. The van der Waals surface area contributed by atoms with Gasteiger partial charge in [0.1, 0.15) is 0 Å². The number of benzene rings is 3. The number of ether oxygens (including phenoxy) is 1. The number of aliphatic hydroxyl groups excluding tert-OH is 1. The SMILES string of the molecule is CCOc1ccc(CCc2ccc(-c3ccc(C4CCC(CO)CC4)c(F)c3F)cc2)c(F)c1F. The molecule has 2 nitrogen and oxygen atoms in total. The van der Waals surface area contributed by atoms with Crippen LogP contribution in [-0.2, 0) is 12.8 Å². The normalized spacial score (nSPS) is 18.0. The Morgan fingerprint density at radius 2 is 1.49 bits per heavy atom. The summed E-state index contributed by atoms with van der Waals surface area (Å²) in [5, 5.41) is 9.30. The Bertz CT molecular complexity index is 1150. The Labute approximate surface area is 203 Å². The summed E-state index contributed by atoms with van der Waals surface area (Å²) in [5.41, 5.74) is 2.29. The van der Waals surface area contributed by atoms with Gasteiger partial charge in [-0.25, -0.2) is 13.2 Å². The first-order chi connectivity index (χ1) is 16.9. The van der Waals surface area contributed by atoms with Crippen molar-refractivity contribution in [2.24, 2.45) is 5.92 Å². The molecule has 0 radical (unpaired) electrons.